The molecule has 0 radical (unpaired) electrons. The molecule has 8 nitrogen and oxygen atoms in total. The molecule has 1 aromatic carbocycles. The Hall–Kier alpha value is -2.00. The van der Waals surface area contributed by atoms with Crippen molar-refractivity contribution >= 4 is 12.0 Å². The number of imide groups is 1. The molecule has 6 atom stereocenters. The summed E-state index contributed by atoms with van der Waals surface area (Å²) in [5.74, 6) is -2.22. The minimum atomic E-state index is -1.05. The molecule has 27 heavy (non-hydrogen) atoms. The number of carbonyl (C=O) groups excluding carboxylic acids is 2. The number of hydrogen-bond donors (Lipinski definition) is 1. The smallest absolute Gasteiger partial charge is 0.419 e. The number of amides is 2. The van der Waals surface area contributed by atoms with E-state index < -0.39 is 54.3 Å². The topological polar surface area (TPSA) is 94.5 Å². The summed E-state index contributed by atoms with van der Waals surface area (Å²) in [7, 11) is 0. The van der Waals surface area contributed by atoms with Crippen molar-refractivity contribution in [1.29, 1.82) is 0 Å². The molecule has 4 rings (SSSR count). The molecule has 0 bridgehead atoms. The van der Waals surface area contributed by atoms with Crippen LogP contribution in [-0.4, -0.2) is 58.9 Å². The highest BCUT2D eigenvalue weighted by Gasteiger charge is 2.61. The van der Waals surface area contributed by atoms with E-state index in [9.17, 15) is 14.7 Å². The largest absolute Gasteiger partial charge is 0.438 e. The van der Waals surface area contributed by atoms with E-state index in [1.54, 1.807) is 45.0 Å². The molecule has 2 amide bonds. The van der Waals surface area contributed by atoms with E-state index in [2.05, 4.69) is 0 Å². The second-order valence-corrected chi connectivity index (χ2v) is 7.56. The monoisotopic (exact) mass is 377 g/mol. The van der Waals surface area contributed by atoms with Gasteiger partial charge in [0.25, 0.3) is 0 Å². The minimum Gasteiger partial charge on any atom is -0.438 e. The highest BCUT2D eigenvalue weighted by atomic mass is 16.8. The molecule has 3 aliphatic heterocycles. The third-order valence-corrected chi connectivity index (χ3v) is 5.23. The Balaban J connectivity index is 1.52. The number of rotatable bonds is 3. The number of carbonyl (C=O) groups is 2. The minimum absolute atomic E-state index is 0.284. The summed E-state index contributed by atoms with van der Waals surface area (Å²) < 4.78 is 22.7. The number of fused-ring (bicyclic) bond motifs is 3. The molecule has 0 saturated carbocycles. The Bertz CT molecular complexity index is 737. The van der Waals surface area contributed by atoms with Crippen LogP contribution in [0.3, 0.4) is 0 Å². The van der Waals surface area contributed by atoms with Gasteiger partial charge in [0.05, 0.1) is 18.6 Å². The summed E-state index contributed by atoms with van der Waals surface area (Å²) in [4.78, 5) is 26.3. The van der Waals surface area contributed by atoms with E-state index in [1.807, 2.05) is 6.07 Å². The fraction of sp³-hybridized carbons (Fsp3) is 0.579. The molecule has 3 saturated heterocycles. The summed E-state index contributed by atoms with van der Waals surface area (Å²) in [5.41, 5.74) is 0.599. The number of nitrogens with zero attached hydrogens (tertiary/aromatic N) is 1. The van der Waals surface area contributed by atoms with Crippen LogP contribution in [0.15, 0.2) is 30.3 Å². The van der Waals surface area contributed by atoms with Gasteiger partial charge in [-0.1, -0.05) is 37.3 Å². The van der Waals surface area contributed by atoms with E-state index in [0.29, 0.717) is 5.56 Å². The van der Waals surface area contributed by atoms with Crippen molar-refractivity contribution in [2.24, 2.45) is 5.92 Å². The maximum atomic E-state index is 13.0. The maximum absolute atomic E-state index is 13.0. The molecule has 0 unspecified atom stereocenters. The normalized spacial score (nSPS) is 33.8. The molecule has 1 aromatic rings. The van der Waals surface area contributed by atoms with E-state index >= 15 is 0 Å². The first-order valence-electron chi connectivity index (χ1n) is 9.02. The summed E-state index contributed by atoms with van der Waals surface area (Å²) in [5, 5.41) is 10.5. The lowest BCUT2D eigenvalue weighted by molar-refractivity contribution is -0.301. The van der Waals surface area contributed by atoms with Crippen molar-refractivity contribution in [3.8, 4) is 0 Å². The molecule has 0 aromatic heterocycles. The van der Waals surface area contributed by atoms with Crippen molar-refractivity contribution in [3.63, 3.8) is 0 Å². The Morgan fingerprint density at radius 2 is 1.96 bits per heavy atom. The Labute approximate surface area is 156 Å². The van der Waals surface area contributed by atoms with Crippen molar-refractivity contribution in [2.75, 3.05) is 6.61 Å². The lowest BCUT2D eigenvalue weighted by Crippen LogP contribution is -2.50. The van der Waals surface area contributed by atoms with Gasteiger partial charge in [0, 0.05) is 0 Å². The first-order chi connectivity index (χ1) is 12.8. The quantitative estimate of drug-likeness (QED) is 0.854. The SMILES string of the molecule is C[C@@H](C(=O)N1C(=O)O[C@@H]2[C@H]3OC(C)(C)OC[C@H]3O[C@@H]21)[C@@H](O)c1ccccc1. The fourth-order valence-corrected chi connectivity index (χ4v) is 3.75. The Morgan fingerprint density at radius 1 is 1.26 bits per heavy atom. The lowest BCUT2D eigenvalue weighted by atomic mass is 9.96. The van der Waals surface area contributed by atoms with E-state index in [4.69, 9.17) is 18.9 Å². The van der Waals surface area contributed by atoms with Crippen molar-refractivity contribution in [1.82, 2.24) is 4.90 Å². The number of benzene rings is 1. The van der Waals surface area contributed by atoms with Crippen LogP contribution >= 0.6 is 0 Å². The highest BCUT2D eigenvalue weighted by Crippen LogP contribution is 2.40. The van der Waals surface area contributed by atoms with Gasteiger partial charge >= 0.3 is 6.09 Å². The Morgan fingerprint density at radius 3 is 2.67 bits per heavy atom. The van der Waals surface area contributed by atoms with Crippen LogP contribution in [0.2, 0.25) is 0 Å². The standard InChI is InChI=1S/C19H23NO7/c1-10(13(21)11-7-5-4-6-8-11)16(22)20-17-15(26-18(20)23)14-12(25-17)9-24-19(2,3)27-14/h4-8,10,12-15,17,21H,9H2,1-3H3/t10-,12-,13-,14+,15-,17+/m1/s1. The van der Waals surface area contributed by atoms with Crippen molar-refractivity contribution in [3.05, 3.63) is 35.9 Å². The van der Waals surface area contributed by atoms with Gasteiger partial charge in [-0.05, 0) is 19.4 Å². The number of aliphatic hydroxyl groups excluding tert-OH is 1. The van der Waals surface area contributed by atoms with E-state index in [0.717, 1.165) is 4.90 Å². The highest BCUT2D eigenvalue weighted by molar-refractivity contribution is 5.95. The molecular formula is C19H23NO7. The third-order valence-electron chi connectivity index (χ3n) is 5.23. The van der Waals surface area contributed by atoms with E-state index in [1.165, 1.54) is 0 Å². The zero-order valence-electron chi connectivity index (χ0n) is 15.4. The van der Waals surface area contributed by atoms with Crippen molar-refractivity contribution < 1.29 is 33.6 Å². The summed E-state index contributed by atoms with van der Waals surface area (Å²) in [6, 6.07) is 8.84. The number of aliphatic hydroxyl groups is 1. The average molecular weight is 377 g/mol. The molecule has 0 aliphatic carbocycles. The molecular weight excluding hydrogens is 354 g/mol. The van der Waals surface area contributed by atoms with Gasteiger partial charge in [-0.25, -0.2) is 9.69 Å². The molecule has 8 heteroatoms. The van der Waals surface area contributed by atoms with Gasteiger partial charge in [-0.3, -0.25) is 4.79 Å². The van der Waals surface area contributed by atoms with Crippen molar-refractivity contribution in [2.45, 2.75) is 57.2 Å². The maximum Gasteiger partial charge on any atom is 0.419 e. The van der Waals surface area contributed by atoms with Crippen LogP contribution in [0.4, 0.5) is 4.79 Å². The second-order valence-electron chi connectivity index (χ2n) is 7.56. The van der Waals surface area contributed by atoms with Crippen LogP contribution < -0.4 is 0 Å². The second kappa shape index (κ2) is 6.56. The fourth-order valence-electron chi connectivity index (χ4n) is 3.75. The summed E-state index contributed by atoms with van der Waals surface area (Å²) >= 11 is 0. The van der Waals surface area contributed by atoms with Gasteiger partial charge < -0.3 is 24.1 Å². The van der Waals surface area contributed by atoms with E-state index in [-0.39, 0.29) is 6.61 Å². The first kappa shape index (κ1) is 18.4. The van der Waals surface area contributed by atoms with Crippen LogP contribution in [0.25, 0.3) is 0 Å². The van der Waals surface area contributed by atoms with Gasteiger partial charge in [-0.2, -0.15) is 0 Å². The van der Waals surface area contributed by atoms with Gasteiger partial charge in [-0.15, -0.1) is 0 Å². The van der Waals surface area contributed by atoms with Crippen LogP contribution in [0, 0.1) is 5.92 Å². The third kappa shape index (κ3) is 3.12. The van der Waals surface area contributed by atoms with Crippen LogP contribution in [0.1, 0.15) is 32.4 Å². The molecule has 0 spiro atoms. The first-order valence-corrected chi connectivity index (χ1v) is 9.02. The predicted molar refractivity (Wildman–Crippen MR) is 91.2 cm³/mol. The molecule has 3 heterocycles. The molecule has 146 valence electrons. The van der Waals surface area contributed by atoms with Gasteiger partial charge in [0.15, 0.2) is 18.1 Å². The summed E-state index contributed by atoms with van der Waals surface area (Å²) in [6.07, 6.45) is -4.36. The van der Waals surface area contributed by atoms with Gasteiger partial charge in [0.1, 0.15) is 12.2 Å². The van der Waals surface area contributed by atoms with Crippen LogP contribution in [0.5, 0.6) is 0 Å². The zero-order chi connectivity index (χ0) is 19.3. The lowest BCUT2D eigenvalue weighted by Gasteiger charge is -2.37. The Kier molecular flexibility index (Phi) is 4.46. The zero-order valence-corrected chi connectivity index (χ0v) is 15.4. The summed E-state index contributed by atoms with van der Waals surface area (Å²) in [6.45, 7) is 5.40. The number of hydrogen-bond acceptors (Lipinski definition) is 7. The predicted octanol–water partition coefficient (Wildman–Crippen LogP) is 1.58. The molecule has 3 fully saturated rings. The molecule has 3 aliphatic rings. The van der Waals surface area contributed by atoms with Gasteiger partial charge in [0.2, 0.25) is 5.91 Å². The van der Waals surface area contributed by atoms with Crippen LogP contribution in [-0.2, 0) is 23.7 Å². The average Bonchev–Trinajstić information content (AvgIpc) is 3.14. The molecule has 1 N–H and O–H groups in total. The number of ether oxygens (including phenoxy) is 4.